The summed E-state index contributed by atoms with van der Waals surface area (Å²) >= 11 is 0. The van der Waals surface area contributed by atoms with Crippen LogP contribution in [0.3, 0.4) is 0 Å². The normalized spacial score (nSPS) is 37.6. The zero-order valence-electron chi connectivity index (χ0n) is 17.9. The third-order valence-electron chi connectivity index (χ3n) is 5.58. The molecule has 3 saturated heterocycles. The Morgan fingerprint density at radius 3 is 1.41 bits per heavy atom. The molecule has 0 N–H and O–H groups in total. The molecule has 0 bridgehead atoms. The first kappa shape index (κ1) is 23.3. The molecule has 0 saturated carbocycles. The SMILES string of the molecule is CC1CN(S(=O)(=O)N2CCN(S(=O)(=O)N3CC(C)OC(C)C3)C(C)C2)CC(C)O1. The van der Waals surface area contributed by atoms with E-state index in [0.717, 1.165) is 0 Å². The van der Waals surface area contributed by atoms with Gasteiger partial charge in [-0.05, 0) is 34.6 Å². The van der Waals surface area contributed by atoms with E-state index < -0.39 is 26.5 Å². The number of hydrogen-bond acceptors (Lipinski definition) is 6. The Hall–Kier alpha value is -0.340. The van der Waals surface area contributed by atoms with Crippen molar-refractivity contribution in [3.8, 4) is 0 Å². The zero-order chi connectivity index (χ0) is 21.6. The zero-order valence-corrected chi connectivity index (χ0v) is 19.5. The van der Waals surface area contributed by atoms with Crippen LogP contribution in [-0.2, 0) is 29.9 Å². The lowest BCUT2D eigenvalue weighted by Crippen LogP contribution is -2.62. The van der Waals surface area contributed by atoms with Crippen LogP contribution in [0.25, 0.3) is 0 Å². The molecule has 12 heteroatoms. The summed E-state index contributed by atoms with van der Waals surface area (Å²) in [5.74, 6) is 0. The average molecular weight is 455 g/mol. The van der Waals surface area contributed by atoms with Gasteiger partial charge < -0.3 is 9.47 Å². The Kier molecular flexibility index (Phi) is 6.96. The van der Waals surface area contributed by atoms with Gasteiger partial charge in [0.1, 0.15) is 0 Å². The molecule has 170 valence electrons. The highest BCUT2D eigenvalue weighted by atomic mass is 32.2. The van der Waals surface area contributed by atoms with Gasteiger partial charge in [-0.3, -0.25) is 0 Å². The van der Waals surface area contributed by atoms with Crippen molar-refractivity contribution in [1.82, 2.24) is 17.2 Å². The molecule has 5 atom stereocenters. The predicted octanol–water partition coefficient (Wildman–Crippen LogP) is -0.299. The Balaban J connectivity index is 1.70. The number of morpholine rings is 2. The van der Waals surface area contributed by atoms with Gasteiger partial charge >= 0.3 is 0 Å². The van der Waals surface area contributed by atoms with Crippen LogP contribution in [0.4, 0.5) is 0 Å². The van der Waals surface area contributed by atoms with Gasteiger partial charge in [0.15, 0.2) is 0 Å². The van der Waals surface area contributed by atoms with E-state index in [1.165, 1.54) is 17.2 Å². The van der Waals surface area contributed by atoms with Gasteiger partial charge in [0.2, 0.25) is 0 Å². The summed E-state index contributed by atoms with van der Waals surface area (Å²) in [7, 11) is -7.34. The molecular formula is C17H34N4O6S2. The molecule has 10 nitrogen and oxygen atoms in total. The van der Waals surface area contributed by atoms with Gasteiger partial charge in [0.25, 0.3) is 20.4 Å². The van der Waals surface area contributed by atoms with Gasteiger partial charge in [-0.15, -0.1) is 0 Å². The average Bonchev–Trinajstić information content (AvgIpc) is 2.59. The minimum absolute atomic E-state index is 0.136. The van der Waals surface area contributed by atoms with Gasteiger partial charge in [0, 0.05) is 51.9 Å². The fourth-order valence-electron chi connectivity index (χ4n) is 4.41. The Morgan fingerprint density at radius 2 is 1.00 bits per heavy atom. The first-order valence-corrected chi connectivity index (χ1v) is 13.0. The molecule has 29 heavy (non-hydrogen) atoms. The monoisotopic (exact) mass is 454 g/mol. The minimum Gasteiger partial charge on any atom is -0.373 e. The molecule has 5 unspecified atom stereocenters. The summed E-state index contributed by atoms with van der Waals surface area (Å²) in [6.07, 6.45) is -0.678. The van der Waals surface area contributed by atoms with E-state index in [4.69, 9.17) is 9.47 Å². The highest BCUT2D eigenvalue weighted by Gasteiger charge is 2.43. The van der Waals surface area contributed by atoms with Crippen molar-refractivity contribution in [1.29, 1.82) is 0 Å². The van der Waals surface area contributed by atoms with E-state index in [0.29, 0.717) is 26.2 Å². The van der Waals surface area contributed by atoms with Crippen LogP contribution in [0.2, 0.25) is 0 Å². The standard InChI is InChI=1S/C17H34N4O6S2/c1-13-8-18(28(22,23)19-9-14(2)26-15(3)10-19)6-7-21(13)29(24,25)20-11-16(4)27-17(5)12-20/h13-17H,6-12H2,1-5H3. The fraction of sp³-hybridized carbons (Fsp3) is 1.00. The first-order valence-electron chi connectivity index (χ1n) is 10.2. The lowest BCUT2D eigenvalue weighted by atomic mass is 10.3. The van der Waals surface area contributed by atoms with Crippen molar-refractivity contribution in [2.45, 2.75) is 65.1 Å². The predicted molar refractivity (Wildman–Crippen MR) is 109 cm³/mol. The Labute approximate surface area is 175 Å². The van der Waals surface area contributed by atoms with Crippen LogP contribution in [0.1, 0.15) is 34.6 Å². The molecule has 3 aliphatic heterocycles. The van der Waals surface area contributed by atoms with E-state index >= 15 is 0 Å². The Morgan fingerprint density at radius 1 is 0.586 bits per heavy atom. The summed E-state index contributed by atoms with van der Waals surface area (Å²) < 4.78 is 69.6. The highest BCUT2D eigenvalue weighted by Crippen LogP contribution is 2.25. The molecule has 3 fully saturated rings. The van der Waals surface area contributed by atoms with Crippen molar-refractivity contribution >= 4 is 20.4 Å². The van der Waals surface area contributed by atoms with Crippen molar-refractivity contribution in [2.75, 3.05) is 45.8 Å². The van der Waals surface area contributed by atoms with Crippen LogP contribution in [0.5, 0.6) is 0 Å². The molecule has 0 aromatic carbocycles. The lowest BCUT2D eigenvalue weighted by Gasteiger charge is -2.44. The van der Waals surface area contributed by atoms with E-state index in [9.17, 15) is 16.8 Å². The van der Waals surface area contributed by atoms with Crippen LogP contribution in [0.15, 0.2) is 0 Å². The van der Waals surface area contributed by atoms with E-state index in [-0.39, 0.29) is 44.1 Å². The minimum atomic E-state index is -3.68. The number of ether oxygens (including phenoxy) is 2. The van der Waals surface area contributed by atoms with Crippen molar-refractivity contribution in [3.63, 3.8) is 0 Å². The molecule has 0 amide bonds. The molecular weight excluding hydrogens is 420 g/mol. The third kappa shape index (κ3) is 4.95. The quantitative estimate of drug-likeness (QED) is 0.578. The van der Waals surface area contributed by atoms with Crippen molar-refractivity contribution in [2.24, 2.45) is 0 Å². The molecule has 3 heterocycles. The van der Waals surface area contributed by atoms with E-state index in [1.807, 2.05) is 27.7 Å². The maximum Gasteiger partial charge on any atom is 0.282 e. The number of nitrogens with zero attached hydrogens (tertiary/aromatic N) is 4. The molecule has 0 aromatic rings. The van der Waals surface area contributed by atoms with Crippen molar-refractivity contribution < 1.29 is 26.3 Å². The second kappa shape index (κ2) is 8.65. The first-order chi connectivity index (χ1) is 13.4. The summed E-state index contributed by atoms with van der Waals surface area (Å²) in [6, 6.07) is -0.451. The molecule has 0 spiro atoms. The third-order valence-corrected chi connectivity index (χ3v) is 9.60. The summed E-state index contributed by atoms with van der Waals surface area (Å²) in [5, 5.41) is 0. The summed E-state index contributed by atoms with van der Waals surface area (Å²) in [5.41, 5.74) is 0. The lowest BCUT2D eigenvalue weighted by molar-refractivity contribution is -0.0470. The van der Waals surface area contributed by atoms with Crippen molar-refractivity contribution in [3.05, 3.63) is 0 Å². The van der Waals surface area contributed by atoms with Gasteiger partial charge in [-0.25, -0.2) is 0 Å². The smallest absolute Gasteiger partial charge is 0.282 e. The summed E-state index contributed by atoms with van der Waals surface area (Å²) in [4.78, 5) is 0. The van der Waals surface area contributed by atoms with E-state index in [1.54, 1.807) is 6.92 Å². The maximum absolute atomic E-state index is 13.2. The summed E-state index contributed by atoms with van der Waals surface area (Å²) in [6.45, 7) is 10.8. The highest BCUT2D eigenvalue weighted by molar-refractivity contribution is 7.87. The fourth-order valence-corrected chi connectivity index (χ4v) is 8.18. The maximum atomic E-state index is 13.2. The van der Waals surface area contributed by atoms with Gasteiger partial charge in [-0.2, -0.15) is 34.1 Å². The number of piperazine rings is 1. The number of rotatable bonds is 4. The van der Waals surface area contributed by atoms with Crippen LogP contribution < -0.4 is 0 Å². The molecule has 3 aliphatic rings. The number of hydrogen-bond donors (Lipinski definition) is 0. The van der Waals surface area contributed by atoms with Gasteiger partial charge in [-0.1, -0.05) is 0 Å². The molecule has 0 radical (unpaired) electrons. The topological polar surface area (TPSA) is 99.7 Å². The Bertz CT molecular complexity index is 772. The second-order valence-electron chi connectivity index (χ2n) is 8.48. The van der Waals surface area contributed by atoms with E-state index in [2.05, 4.69) is 0 Å². The molecule has 3 rings (SSSR count). The van der Waals surface area contributed by atoms with Crippen LogP contribution >= 0.6 is 0 Å². The van der Waals surface area contributed by atoms with Gasteiger partial charge in [0.05, 0.1) is 24.4 Å². The molecule has 0 aromatic heterocycles. The molecule has 0 aliphatic carbocycles. The largest absolute Gasteiger partial charge is 0.373 e. The van der Waals surface area contributed by atoms with Crippen LogP contribution in [-0.4, -0.2) is 110 Å². The second-order valence-corrected chi connectivity index (χ2v) is 12.3. The van der Waals surface area contributed by atoms with Crippen LogP contribution in [0, 0.1) is 0 Å².